The molecule has 0 rings (SSSR count). The van der Waals surface area contributed by atoms with E-state index in [1.807, 2.05) is 0 Å². The molecular formula is C30H57N3O3. The van der Waals surface area contributed by atoms with Crippen LogP contribution in [-0.2, 0) is 14.4 Å². The minimum Gasteiger partial charge on any atom is -0.356 e. The fourth-order valence-electron chi connectivity index (χ4n) is 3.99. The molecule has 0 saturated heterocycles. The van der Waals surface area contributed by atoms with Crippen LogP contribution in [0.15, 0.2) is 12.2 Å². The van der Waals surface area contributed by atoms with Gasteiger partial charge in [0.15, 0.2) is 0 Å². The third kappa shape index (κ3) is 22.6. The van der Waals surface area contributed by atoms with Gasteiger partial charge < -0.3 is 16.0 Å². The standard InChI is InChI=1S/C30H57N3O3/c1-4-7-10-11-12-13-14-15-16-17-18-19-20-21-22-29(35)33-27(30(36)32-26-9-6-3)23-24-28(34)31-25-8-5-2/h16-17,27H,4-15,18-26H2,1-3H3,(H,31,34)(H,32,36)(H,33,35)/b17-16+/t27-/m0/s1. The van der Waals surface area contributed by atoms with Crippen molar-refractivity contribution in [1.82, 2.24) is 16.0 Å². The van der Waals surface area contributed by atoms with Crippen LogP contribution in [0.5, 0.6) is 0 Å². The van der Waals surface area contributed by atoms with Crippen molar-refractivity contribution in [3.63, 3.8) is 0 Å². The second-order valence-electron chi connectivity index (χ2n) is 9.99. The molecule has 0 aliphatic rings. The molecule has 6 nitrogen and oxygen atoms in total. The summed E-state index contributed by atoms with van der Waals surface area (Å²) in [5, 5.41) is 8.64. The van der Waals surface area contributed by atoms with E-state index in [4.69, 9.17) is 0 Å². The predicted octanol–water partition coefficient (Wildman–Crippen LogP) is 6.73. The number of hydrogen-bond acceptors (Lipinski definition) is 3. The molecule has 36 heavy (non-hydrogen) atoms. The Hall–Kier alpha value is -1.85. The molecule has 0 aliphatic carbocycles. The Bertz CT molecular complexity index is 578. The number of rotatable bonds is 25. The van der Waals surface area contributed by atoms with Gasteiger partial charge in [-0.3, -0.25) is 14.4 Å². The molecule has 6 heteroatoms. The molecule has 0 unspecified atom stereocenters. The Morgan fingerprint density at radius 2 is 1.11 bits per heavy atom. The lowest BCUT2D eigenvalue weighted by molar-refractivity contribution is -0.129. The second kappa shape index (κ2) is 26.2. The molecule has 0 aromatic rings. The van der Waals surface area contributed by atoms with Crippen molar-refractivity contribution in [2.75, 3.05) is 13.1 Å². The highest BCUT2D eigenvalue weighted by atomic mass is 16.2. The first-order valence-corrected chi connectivity index (χ1v) is 15.0. The summed E-state index contributed by atoms with van der Waals surface area (Å²) < 4.78 is 0. The van der Waals surface area contributed by atoms with Gasteiger partial charge in [0.05, 0.1) is 0 Å². The quantitative estimate of drug-likeness (QED) is 0.0945. The maximum atomic E-state index is 12.6. The highest BCUT2D eigenvalue weighted by Gasteiger charge is 2.21. The van der Waals surface area contributed by atoms with Gasteiger partial charge in [-0.25, -0.2) is 0 Å². The van der Waals surface area contributed by atoms with Crippen LogP contribution >= 0.6 is 0 Å². The van der Waals surface area contributed by atoms with Crippen LogP contribution in [0, 0.1) is 0 Å². The van der Waals surface area contributed by atoms with Crippen LogP contribution in [0.25, 0.3) is 0 Å². The fourth-order valence-corrected chi connectivity index (χ4v) is 3.99. The summed E-state index contributed by atoms with van der Waals surface area (Å²) in [4.78, 5) is 37.1. The van der Waals surface area contributed by atoms with Gasteiger partial charge in [-0.2, -0.15) is 0 Å². The van der Waals surface area contributed by atoms with Gasteiger partial charge in [-0.05, 0) is 51.4 Å². The average molecular weight is 508 g/mol. The van der Waals surface area contributed by atoms with Crippen LogP contribution in [0.3, 0.4) is 0 Å². The fraction of sp³-hybridized carbons (Fsp3) is 0.833. The monoisotopic (exact) mass is 507 g/mol. The van der Waals surface area contributed by atoms with Crippen LogP contribution in [0.4, 0.5) is 0 Å². The summed E-state index contributed by atoms with van der Waals surface area (Å²) in [5.74, 6) is -0.361. The Balaban J connectivity index is 4.09. The summed E-state index contributed by atoms with van der Waals surface area (Å²) in [6.07, 6.45) is 24.0. The third-order valence-electron chi connectivity index (χ3n) is 6.41. The molecule has 0 heterocycles. The maximum absolute atomic E-state index is 12.6. The maximum Gasteiger partial charge on any atom is 0.242 e. The number of hydrogen-bond donors (Lipinski definition) is 3. The lowest BCUT2D eigenvalue weighted by atomic mass is 10.1. The molecule has 0 aromatic carbocycles. The number of amides is 3. The van der Waals surface area contributed by atoms with E-state index in [1.165, 1.54) is 51.4 Å². The van der Waals surface area contributed by atoms with E-state index in [0.717, 1.165) is 51.4 Å². The predicted molar refractivity (Wildman–Crippen MR) is 152 cm³/mol. The Labute approximate surface area is 222 Å². The number of nitrogens with one attached hydrogen (secondary N) is 3. The Kier molecular flexibility index (Phi) is 24.9. The van der Waals surface area contributed by atoms with E-state index in [9.17, 15) is 14.4 Å². The Morgan fingerprint density at radius 3 is 1.72 bits per heavy atom. The molecule has 210 valence electrons. The lowest BCUT2D eigenvalue weighted by Crippen LogP contribution is -2.47. The minimum absolute atomic E-state index is 0.0657. The topological polar surface area (TPSA) is 87.3 Å². The molecule has 1 atom stereocenters. The zero-order valence-electron chi connectivity index (χ0n) is 23.8. The van der Waals surface area contributed by atoms with Crippen molar-refractivity contribution >= 4 is 17.7 Å². The van der Waals surface area contributed by atoms with Crippen LogP contribution in [0.1, 0.15) is 143 Å². The van der Waals surface area contributed by atoms with Gasteiger partial charge >= 0.3 is 0 Å². The van der Waals surface area contributed by atoms with E-state index >= 15 is 0 Å². The zero-order valence-corrected chi connectivity index (χ0v) is 23.8. The SMILES string of the molecule is CCCCCCCCC/C=C/CCCCCC(=O)N[C@@H](CCC(=O)NCCCC)C(=O)NCCCC. The third-order valence-corrected chi connectivity index (χ3v) is 6.41. The van der Waals surface area contributed by atoms with Crippen molar-refractivity contribution in [2.45, 2.75) is 149 Å². The molecule has 0 bridgehead atoms. The van der Waals surface area contributed by atoms with Crippen molar-refractivity contribution < 1.29 is 14.4 Å². The smallest absolute Gasteiger partial charge is 0.242 e. The van der Waals surface area contributed by atoms with Crippen molar-refractivity contribution in [2.24, 2.45) is 0 Å². The van der Waals surface area contributed by atoms with E-state index in [1.54, 1.807) is 0 Å². The number of carbonyl (C=O) groups is 3. The number of unbranched alkanes of at least 4 members (excludes halogenated alkanes) is 12. The van der Waals surface area contributed by atoms with Gasteiger partial charge in [0.2, 0.25) is 17.7 Å². The summed E-state index contributed by atoms with van der Waals surface area (Å²) in [7, 11) is 0. The summed E-state index contributed by atoms with van der Waals surface area (Å²) in [6, 6.07) is -0.652. The van der Waals surface area contributed by atoms with Gasteiger partial charge in [0, 0.05) is 25.9 Å². The molecular weight excluding hydrogens is 450 g/mol. The molecule has 0 saturated carbocycles. The first kappa shape index (κ1) is 34.1. The highest BCUT2D eigenvalue weighted by Crippen LogP contribution is 2.10. The normalized spacial score (nSPS) is 12.0. The van der Waals surface area contributed by atoms with Gasteiger partial charge in [0.1, 0.15) is 6.04 Å². The Morgan fingerprint density at radius 1 is 0.583 bits per heavy atom. The molecule has 3 amide bonds. The van der Waals surface area contributed by atoms with Gasteiger partial charge in [-0.1, -0.05) is 90.7 Å². The molecule has 0 aromatic heterocycles. The average Bonchev–Trinajstić information content (AvgIpc) is 2.87. The molecule has 0 radical (unpaired) electrons. The summed E-state index contributed by atoms with van der Waals surface area (Å²) >= 11 is 0. The van der Waals surface area contributed by atoms with Gasteiger partial charge in [-0.15, -0.1) is 0 Å². The number of allylic oxidation sites excluding steroid dienone is 2. The molecule has 0 fully saturated rings. The second-order valence-corrected chi connectivity index (χ2v) is 9.99. The minimum atomic E-state index is -0.652. The van der Waals surface area contributed by atoms with Crippen LogP contribution in [0.2, 0.25) is 0 Å². The van der Waals surface area contributed by atoms with E-state index in [2.05, 4.69) is 48.9 Å². The summed E-state index contributed by atoms with van der Waals surface area (Å²) in [5.41, 5.74) is 0. The van der Waals surface area contributed by atoms with E-state index < -0.39 is 6.04 Å². The van der Waals surface area contributed by atoms with Gasteiger partial charge in [0.25, 0.3) is 0 Å². The zero-order chi connectivity index (χ0) is 26.7. The molecule has 0 spiro atoms. The molecule has 3 N–H and O–H groups in total. The van der Waals surface area contributed by atoms with Crippen LogP contribution in [-0.4, -0.2) is 36.9 Å². The van der Waals surface area contributed by atoms with Crippen molar-refractivity contribution in [3.05, 3.63) is 12.2 Å². The lowest BCUT2D eigenvalue weighted by Gasteiger charge is -2.18. The summed E-state index contributed by atoms with van der Waals surface area (Å²) in [6.45, 7) is 7.65. The van der Waals surface area contributed by atoms with Crippen molar-refractivity contribution in [3.8, 4) is 0 Å². The first-order chi connectivity index (χ1) is 17.5. The van der Waals surface area contributed by atoms with Crippen molar-refractivity contribution in [1.29, 1.82) is 0 Å². The highest BCUT2D eigenvalue weighted by molar-refractivity contribution is 5.88. The number of carbonyl (C=O) groups excluding carboxylic acids is 3. The largest absolute Gasteiger partial charge is 0.356 e. The first-order valence-electron chi connectivity index (χ1n) is 15.0. The van der Waals surface area contributed by atoms with E-state index in [-0.39, 0.29) is 24.1 Å². The van der Waals surface area contributed by atoms with Crippen LogP contribution < -0.4 is 16.0 Å². The molecule has 0 aliphatic heterocycles. The van der Waals surface area contributed by atoms with E-state index in [0.29, 0.717) is 25.9 Å².